The molecule has 3 aromatic heterocycles. The quantitative estimate of drug-likeness (QED) is 0.799. The van der Waals surface area contributed by atoms with Crippen LogP contribution < -0.4 is 5.32 Å². The van der Waals surface area contributed by atoms with E-state index in [-0.39, 0.29) is 0 Å². The predicted octanol–water partition coefficient (Wildman–Crippen LogP) is 3.04. The van der Waals surface area contributed by atoms with Crippen molar-refractivity contribution in [2.24, 2.45) is 0 Å². The predicted molar refractivity (Wildman–Crippen MR) is 80.6 cm³/mol. The highest BCUT2D eigenvalue weighted by molar-refractivity contribution is 9.10. The van der Waals surface area contributed by atoms with E-state index in [0.29, 0.717) is 6.54 Å². The first kappa shape index (κ1) is 12.8. The average molecular weight is 330 g/mol. The zero-order chi connectivity index (χ0) is 13.8. The lowest BCUT2D eigenvalue weighted by atomic mass is 10.3. The van der Waals surface area contributed by atoms with Crippen LogP contribution in [0, 0.1) is 0 Å². The third kappa shape index (κ3) is 3.03. The van der Waals surface area contributed by atoms with Gasteiger partial charge in [-0.2, -0.15) is 0 Å². The molecule has 0 radical (unpaired) electrons. The lowest BCUT2D eigenvalue weighted by Gasteiger charge is -2.07. The van der Waals surface area contributed by atoms with Gasteiger partial charge in [0, 0.05) is 35.8 Å². The number of hydrogen-bond acceptors (Lipinski definition) is 4. The van der Waals surface area contributed by atoms with Gasteiger partial charge >= 0.3 is 0 Å². The molecule has 20 heavy (non-hydrogen) atoms. The molecular formula is C14H12BrN5. The summed E-state index contributed by atoms with van der Waals surface area (Å²) in [5, 5.41) is 3.31. The highest BCUT2D eigenvalue weighted by atomic mass is 79.9. The van der Waals surface area contributed by atoms with E-state index in [1.807, 2.05) is 35.2 Å². The summed E-state index contributed by atoms with van der Waals surface area (Å²) in [6, 6.07) is 5.98. The molecule has 0 aromatic carbocycles. The number of halogens is 1. The molecule has 0 fully saturated rings. The van der Waals surface area contributed by atoms with E-state index in [1.54, 1.807) is 24.9 Å². The van der Waals surface area contributed by atoms with Crippen molar-refractivity contribution < 1.29 is 0 Å². The highest BCUT2D eigenvalue weighted by Gasteiger charge is 1.99. The largest absolute Gasteiger partial charge is 0.380 e. The fraction of sp³-hybridized carbons (Fsp3) is 0.0714. The molecular weight excluding hydrogens is 318 g/mol. The van der Waals surface area contributed by atoms with Crippen LogP contribution in [0.5, 0.6) is 0 Å². The number of anilines is 1. The second-order valence-corrected chi connectivity index (χ2v) is 5.16. The van der Waals surface area contributed by atoms with Gasteiger partial charge in [0.25, 0.3) is 0 Å². The van der Waals surface area contributed by atoms with Crippen LogP contribution in [0.15, 0.2) is 60.0 Å². The fourth-order valence-corrected chi connectivity index (χ4v) is 2.21. The van der Waals surface area contributed by atoms with Crippen molar-refractivity contribution in [2.45, 2.75) is 6.54 Å². The molecule has 6 heteroatoms. The Labute approximate surface area is 124 Å². The van der Waals surface area contributed by atoms with Gasteiger partial charge in [0.05, 0.1) is 11.9 Å². The third-order valence-electron chi connectivity index (χ3n) is 2.77. The van der Waals surface area contributed by atoms with Crippen molar-refractivity contribution in [2.75, 3.05) is 5.32 Å². The zero-order valence-corrected chi connectivity index (χ0v) is 12.2. The summed E-state index contributed by atoms with van der Waals surface area (Å²) in [5.41, 5.74) is 2.08. The topological polar surface area (TPSA) is 55.6 Å². The molecule has 0 spiro atoms. The standard InChI is InChI=1S/C14H12BrN5/c15-12-5-11(6-17-8-12)7-18-13-1-2-14(19-9-13)20-4-3-16-10-20/h1-6,8-10,18H,7H2. The first-order chi connectivity index (χ1) is 9.81. The van der Waals surface area contributed by atoms with Crippen LogP contribution in [0.4, 0.5) is 5.69 Å². The first-order valence-electron chi connectivity index (χ1n) is 6.09. The fourth-order valence-electron chi connectivity index (χ4n) is 1.79. The minimum atomic E-state index is 0.707. The molecule has 0 aliphatic heterocycles. The minimum absolute atomic E-state index is 0.707. The van der Waals surface area contributed by atoms with Gasteiger partial charge in [-0.25, -0.2) is 9.97 Å². The van der Waals surface area contributed by atoms with E-state index in [0.717, 1.165) is 21.5 Å². The van der Waals surface area contributed by atoms with Crippen LogP contribution >= 0.6 is 15.9 Å². The Morgan fingerprint density at radius 1 is 1.15 bits per heavy atom. The molecule has 0 unspecified atom stereocenters. The monoisotopic (exact) mass is 329 g/mol. The van der Waals surface area contributed by atoms with Gasteiger partial charge in [0.2, 0.25) is 0 Å². The number of imidazole rings is 1. The normalized spacial score (nSPS) is 10.4. The Kier molecular flexibility index (Phi) is 3.73. The Hall–Kier alpha value is -2.21. The SMILES string of the molecule is Brc1cncc(CNc2ccc(-n3ccnc3)nc2)c1. The van der Waals surface area contributed by atoms with Crippen LogP contribution in [-0.4, -0.2) is 19.5 Å². The molecule has 0 bridgehead atoms. The number of pyridine rings is 2. The van der Waals surface area contributed by atoms with E-state index in [9.17, 15) is 0 Å². The minimum Gasteiger partial charge on any atom is -0.380 e. The summed E-state index contributed by atoms with van der Waals surface area (Å²) in [6.45, 7) is 0.707. The molecule has 0 atom stereocenters. The smallest absolute Gasteiger partial charge is 0.137 e. The van der Waals surface area contributed by atoms with E-state index < -0.39 is 0 Å². The van der Waals surface area contributed by atoms with E-state index in [2.05, 4.69) is 36.2 Å². The second-order valence-electron chi connectivity index (χ2n) is 4.24. The van der Waals surface area contributed by atoms with Gasteiger partial charge in [-0.15, -0.1) is 0 Å². The molecule has 3 heterocycles. The molecule has 0 aliphatic rings. The van der Waals surface area contributed by atoms with Gasteiger partial charge in [0.1, 0.15) is 12.1 Å². The van der Waals surface area contributed by atoms with E-state index in [1.165, 1.54) is 0 Å². The lowest BCUT2D eigenvalue weighted by Crippen LogP contribution is -2.01. The van der Waals surface area contributed by atoms with Gasteiger partial charge < -0.3 is 5.32 Å². The first-order valence-corrected chi connectivity index (χ1v) is 6.88. The molecule has 1 N–H and O–H groups in total. The Morgan fingerprint density at radius 2 is 2.10 bits per heavy atom. The summed E-state index contributed by atoms with van der Waals surface area (Å²) in [5.74, 6) is 0.845. The van der Waals surface area contributed by atoms with Crippen LogP contribution in [-0.2, 0) is 6.54 Å². The van der Waals surface area contributed by atoms with Crippen LogP contribution in [0.3, 0.4) is 0 Å². The van der Waals surface area contributed by atoms with Gasteiger partial charge in [-0.1, -0.05) is 0 Å². The van der Waals surface area contributed by atoms with Crippen LogP contribution in [0.2, 0.25) is 0 Å². The molecule has 3 rings (SSSR count). The van der Waals surface area contributed by atoms with Gasteiger partial charge in [-0.3, -0.25) is 9.55 Å². The Bertz CT molecular complexity index is 679. The number of nitrogens with one attached hydrogen (secondary N) is 1. The van der Waals surface area contributed by atoms with Crippen molar-refractivity contribution in [1.29, 1.82) is 0 Å². The summed E-state index contributed by atoms with van der Waals surface area (Å²) >= 11 is 3.41. The summed E-state index contributed by atoms with van der Waals surface area (Å²) in [7, 11) is 0. The van der Waals surface area contributed by atoms with E-state index >= 15 is 0 Å². The van der Waals surface area contributed by atoms with Crippen molar-refractivity contribution in [1.82, 2.24) is 19.5 Å². The van der Waals surface area contributed by atoms with E-state index in [4.69, 9.17) is 0 Å². The molecule has 0 saturated heterocycles. The number of aromatic nitrogens is 4. The number of rotatable bonds is 4. The summed E-state index contributed by atoms with van der Waals surface area (Å²) < 4.78 is 2.84. The lowest BCUT2D eigenvalue weighted by molar-refractivity contribution is 0.990. The number of nitrogens with zero attached hydrogens (tertiary/aromatic N) is 4. The number of hydrogen-bond donors (Lipinski definition) is 1. The van der Waals surface area contributed by atoms with Crippen molar-refractivity contribution >= 4 is 21.6 Å². The molecule has 0 saturated carbocycles. The van der Waals surface area contributed by atoms with Crippen molar-refractivity contribution in [3.8, 4) is 5.82 Å². The summed E-state index contributed by atoms with van der Waals surface area (Å²) in [4.78, 5) is 12.5. The maximum absolute atomic E-state index is 4.39. The maximum Gasteiger partial charge on any atom is 0.137 e. The highest BCUT2D eigenvalue weighted by Crippen LogP contribution is 2.13. The Balaban J connectivity index is 1.67. The van der Waals surface area contributed by atoms with Crippen molar-refractivity contribution in [3.63, 3.8) is 0 Å². The van der Waals surface area contributed by atoms with Gasteiger partial charge in [-0.05, 0) is 39.7 Å². The third-order valence-corrected chi connectivity index (χ3v) is 3.21. The molecule has 3 aromatic rings. The molecule has 5 nitrogen and oxygen atoms in total. The van der Waals surface area contributed by atoms with Gasteiger partial charge in [0.15, 0.2) is 0 Å². The van der Waals surface area contributed by atoms with Crippen molar-refractivity contribution in [3.05, 3.63) is 65.5 Å². The average Bonchev–Trinajstić information content (AvgIpc) is 3.00. The molecule has 100 valence electrons. The molecule has 0 aliphatic carbocycles. The Morgan fingerprint density at radius 3 is 2.80 bits per heavy atom. The molecule has 0 amide bonds. The zero-order valence-electron chi connectivity index (χ0n) is 10.6. The second kappa shape index (κ2) is 5.83. The maximum atomic E-state index is 4.39. The summed E-state index contributed by atoms with van der Waals surface area (Å²) in [6.07, 6.45) is 10.7. The van der Waals surface area contributed by atoms with Crippen LogP contribution in [0.1, 0.15) is 5.56 Å². The van der Waals surface area contributed by atoms with Crippen LogP contribution in [0.25, 0.3) is 5.82 Å².